The Morgan fingerprint density at radius 2 is 2.11 bits per heavy atom. The number of hydrogen-bond donors (Lipinski definition) is 0. The van der Waals surface area contributed by atoms with E-state index in [1.54, 1.807) is 6.08 Å². The maximum atomic E-state index is 9.80. The summed E-state index contributed by atoms with van der Waals surface area (Å²) in [6, 6.07) is 0. The summed E-state index contributed by atoms with van der Waals surface area (Å²) in [6.45, 7) is 2.04. The number of unbranched alkanes of at least 4 members (excludes halogenated alkanes) is 1. The van der Waals surface area contributed by atoms with Crippen molar-refractivity contribution in [1.82, 2.24) is 0 Å². The number of carbonyl (C=O) groups excluding carboxylic acids is 1. The Kier molecular flexibility index (Phi) is 4.88. The summed E-state index contributed by atoms with van der Waals surface area (Å²) in [5.74, 6) is -1.01. The Morgan fingerprint density at radius 1 is 1.44 bits per heavy atom. The summed E-state index contributed by atoms with van der Waals surface area (Å²) in [5.41, 5.74) is 0. The van der Waals surface area contributed by atoms with Crippen molar-refractivity contribution in [2.75, 3.05) is 0 Å². The Bertz CT molecular complexity index is 105. The summed E-state index contributed by atoms with van der Waals surface area (Å²) < 4.78 is 0. The van der Waals surface area contributed by atoms with Gasteiger partial charge in [0.15, 0.2) is 0 Å². The molecule has 2 nitrogen and oxygen atoms in total. The third-order valence-corrected chi connectivity index (χ3v) is 0.907. The first-order valence-electron chi connectivity index (χ1n) is 3.12. The highest BCUT2D eigenvalue weighted by Crippen LogP contribution is 1.90. The van der Waals surface area contributed by atoms with Gasteiger partial charge in [-0.05, 0) is 6.42 Å². The van der Waals surface area contributed by atoms with Crippen molar-refractivity contribution < 1.29 is 9.90 Å². The number of carbonyl (C=O) groups is 1. The molecule has 0 aromatic rings. The molecule has 0 unspecified atom stereocenters. The molecule has 0 amide bonds. The Labute approximate surface area is 55.2 Å². The molecular formula is C7H11O2. The largest absolute Gasteiger partial charge is 0.359 e. The van der Waals surface area contributed by atoms with Crippen molar-refractivity contribution in [2.45, 2.75) is 26.2 Å². The number of hydrogen-bond acceptors (Lipinski definition) is 1. The monoisotopic (exact) mass is 127 g/mol. The molecule has 0 aliphatic carbocycles. The SMILES string of the molecule is CCC/C=C/CC([O])=O. The van der Waals surface area contributed by atoms with Crippen molar-refractivity contribution in [3.63, 3.8) is 0 Å². The van der Waals surface area contributed by atoms with Gasteiger partial charge in [0, 0.05) is 0 Å². The van der Waals surface area contributed by atoms with E-state index >= 15 is 0 Å². The average molecular weight is 127 g/mol. The Balaban J connectivity index is 3.14. The molecule has 0 bridgehead atoms. The van der Waals surface area contributed by atoms with Crippen LogP contribution in [0.5, 0.6) is 0 Å². The molecule has 1 radical (unpaired) electrons. The topological polar surface area (TPSA) is 37.0 Å². The van der Waals surface area contributed by atoms with E-state index in [9.17, 15) is 9.90 Å². The summed E-state index contributed by atoms with van der Waals surface area (Å²) >= 11 is 0. The first-order valence-corrected chi connectivity index (χ1v) is 3.12. The molecule has 0 N–H and O–H groups in total. The fourth-order valence-electron chi connectivity index (χ4n) is 0.464. The number of allylic oxidation sites excluding steroid dienone is 1. The van der Waals surface area contributed by atoms with Gasteiger partial charge in [-0.15, -0.1) is 0 Å². The normalized spacial score (nSPS) is 10.3. The molecule has 0 atom stereocenters. The van der Waals surface area contributed by atoms with E-state index in [2.05, 4.69) is 0 Å². The zero-order chi connectivity index (χ0) is 7.11. The van der Waals surface area contributed by atoms with Crippen LogP contribution in [0.25, 0.3) is 0 Å². The molecule has 0 aliphatic rings. The second kappa shape index (κ2) is 5.35. The van der Waals surface area contributed by atoms with Crippen LogP contribution in [-0.2, 0) is 9.90 Å². The Morgan fingerprint density at radius 3 is 2.56 bits per heavy atom. The van der Waals surface area contributed by atoms with E-state index in [-0.39, 0.29) is 6.42 Å². The summed E-state index contributed by atoms with van der Waals surface area (Å²) in [5, 5.41) is 9.80. The standard InChI is InChI=1S/C7H11O2/c1-2-3-4-5-6-7(8)9/h4-5H,2-3,6H2,1H3/b5-4+. The molecule has 0 aromatic carbocycles. The lowest BCUT2D eigenvalue weighted by Gasteiger charge is -1.81. The zero-order valence-electron chi connectivity index (χ0n) is 5.59. The van der Waals surface area contributed by atoms with Crippen molar-refractivity contribution >= 4 is 5.97 Å². The van der Waals surface area contributed by atoms with E-state index in [1.807, 2.05) is 13.0 Å². The van der Waals surface area contributed by atoms with E-state index in [0.29, 0.717) is 0 Å². The molecule has 2 heteroatoms. The van der Waals surface area contributed by atoms with Gasteiger partial charge >= 0.3 is 5.97 Å². The van der Waals surface area contributed by atoms with Crippen LogP contribution in [0, 0.1) is 0 Å². The molecule has 0 rings (SSSR count). The van der Waals surface area contributed by atoms with Gasteiger partial charge in [-0.25, -0.2) is 9.90 Å². The molecule has 0 aliphatic heterocycles. The van der Waals surface area contributed by atoms with Crippen LogP contribution >= 0.6 is 0 Å². The summed E-state index contributed by atoms with van der Waals surface area (Å²) in [7, 11) is 0. The lowest BCUT2D eigenvalue weighted by Crippen LogP contribution is -1.86. The van der Waals surface area contributed by atoms with Crippen molar-refractivity contribution in [3.05, 3.63) is 12.2 Å². The van der Waals surface area contributed by atoms with Gasteiger partial charge in [0.2, 0.25) is 0 Å². The van der Waals surface area contributed by atoms with Crippen molar-refractivity contribution in [2.24, 2.45) is 0 Å². The van der Waals surface area contributed by atoms with E-state index in [0.717, 1.165) is 12.8 Å². The predicted octanol–water partition coefficient (Wildman–Crippen LogP) is 1.69. The molecule has 0 heterocycles. The van der Waals surface area contributed by atoms with Crippen molar-refractivity contribution in [1.29, 1.82) is 0 Å². The van der Waals surface area contributed by atoms with Crippen molar-refractivity contribution in [3.8, 4) is 0 Å². The van der Waals surface area contributed by atoms with E-state index in [4.69, 9.17) is 0 Å². The van der Waals surface area contributed by atoms with Crippen LogP contribution in [0.1, 0.15) is 26.2 Å². The van der Waals surface area contributed by atoms with Crippen LogP contribution in [0.3, 0.4) is 0 Å². The van der Waals surface area contributed by atoms with Crippen LogP contribution in [0.4, 0.5) is 0 Å². The van der Waals surface area contributed by atoms with Gasteiger partial charge in [0.1, 0.15) is 0 Å². The van der Waals surface area contributed by atoms with Gasteiger partial charge in [0.25, 0.3) is 0 Å². The fraction of sp³-hybridized carbons (Fsp3) is 0.571. The minimum atomic E-state index is -1.01. The Hall–Kier alpha value is -0.790. The van der Waals surface area contributed by atoms with Crippen LogP contribution in [0.2, 0.25) is 0 Å². The fourth-order valence-corrected chi connectivity index (χ4v) is 0.464. The second-order valence-electron chi connectivity index (χ2n) is 1.84. The molecule has 0 spiro atoms. The molecule has 0 saturated heterocycles. The van der Waals surface area contributed by atoms with E-state index < -0.39 is 5.97 Å². The van der Waals surface area contributed by atoms with Gasteiger partial charge in [-0.3, -0.25) is 0 Å². The quantitative estimate of drug-likeness (QED) is 0.529. The molecule has 0 fully saturated rings. The minimum absolute atomic E-state index is 0.0417. The second-order valence-corrected chi connectivity index (χ2v) is 1.84. The highest BCUT2D eigenvalue weighted by molar-refractivity contribution is 5.68. The molecule has 9 heavy (non-hydrogen) atoms. The lowest BCUT2D eigenvalue weighted by molar-refractivity contribution is -0.142. The maximum Gasteiger partial charge on any atom is 0.359 e. The van der Waals surface area contributed by atoms with Gasteiger partial charge in [0.05, 0.1) is 6.42 Å². The van der Waals surface area contributed by atoms with Gasteiger partial charge < -0.3 is 0 Å². The highest BCUT2D eigenvalue weighted by atomic mass is 16.4. The predicted molar refractivity (Wildman–Crippen MR) is 34.4 cm³/mol. The average Bonchev–Trinajstić information content (AvgIpc) is 1.80. The minimum Gasteiger partial charge on any atom is -0.247 e. The van der Waals surface area contributed by atoms with Gasteiger partial charge in [-0.2, -0.15) is 0 Å². The van der Waals surface area contributed by atoms with Crippen LogP contribution < -0.4 is 0 Å². The van der Waals surface area contributed by atoms with Crippen LogP contribution in [-0.4, -0.2) is 5.97 Å². The first kappa shape index (κ1) is 8.21. The molecule has 0 saturated carbocycles. The maximum absolute atomic E-state index is 9.80. The molecule has 0 aromatic heterocycles. The van der Waals surface area contributed by atoms with E-state index in [1.165, 1.54) is 0 Å². The smallest absolute Gasteiger partial charge is 0.247 e. The molecular weight excluding hydrogens is 116 g/mol. The zero-order valence-corrected chi connectivity index (χ0v) is 5.59. The first-order chi connectivity index (χ1) is 4.27. The van der Waals surface area contributed by atoms with Gasteiger partial charge in [-0.1, -0.05) is 25.5 Å². The third-order valence-electron chi connectivity index (χ3n) is 0.907. The lowest BCUT2D eigenvalue weighted by atomic mass is 10.3. The van der Waals surface area contributed by atoms with Crippen LogP contribution in [0.15, 0.2) is 12.2 Å². The highest BCUT2D eigenvalue weighted by Gasteiger charge is 1.90. The number of rotatable bonds is 4. The summed E-state index contributed by atoms with van der Waals surface area (Å²) in [6.07, 6.45) is 5.53. The summed E-state index contributed by atoms with van der Waals surface area (Å²) in [4.78, 5) is 9.80. The third kappa shape index (κ3) is 7.21. The molecule has 51 valence electrons.